The summed E-state index contributed by atoms with van der Waals surface area (Å²) in [5.74, 6) is 0.0649. The molecule has 0 bridgehead atoms. The fraction of sp³-hybridized carbons (Fsp3) is 0.278. The number of hydrogen-bond acceptors (Lipinski definition) is 2. The molecule has 0 aliphatic carbocycles. The molecule has 0 spiro atoms. The Morgan fingerprint density at radius 2 is 1.95 bits per heavy atom. The lowest BCUT2D eigenvalue weighted by atomic mass is 9.98. The summed E-state index contributed by atoms with van der Waals surface area (Å²) in [5, 5.41) is 0.635. The van der Waals surface area contributed by atoms with Gasteiger partial charge >= 0.3 is 0 Å². The molecule has 22 heavy (non-hydrogen) atoms. The Morgan fingerprint density at radius 3 is 2.73 bits per heavy atom. The van der Waals surface area contributed by atoms with Crippen molar-refractivity contribution < 1.29 is 9.53 Å². The second-order valence-electron chi connectivity index (χ2n) is 5.39. The van der Waals surface area contributed by atoms with Crippen LogP contribution in [0.3, 0.4) is 0 Å². The van der Waals surface area contributed by atoms with Crippen molar-refractivity contribution in [2.24, 2.45) is 0 Å². The Bertz CT molecular complexity index is 686. The van der Waals surface area contributed by atoms with Crippen molar-refractivity contribution in [2.45, 2.75) is 18.9 Å². The number of amides is 1. The molecule has 0 N–H and O–H groups in total. The molecule has 114 valence electrons. The van der Waals surface area contributed by atoms with E-state index in [9.17, 15) is 4.79 Å². The van der Waals surface area contributed by atoms with Crippen molar-refractivity contribution >= 4 is 23.2 Å². The highest BCUT2D eigenvalue weighted by Gasteiger charge is 2.28. The average molecular weight is 316 g/mol. The van der Waals surface area contributed by atoms with Crippen LogP contribution < -0.4 is 4.90 Å². The van der Waals surface area contributed by atoms with Gasteiger partial charge in [-0.1, -0.05) is 48.0 Å². The Balaban J connectivity index is 1.86. The van der Waals surface area contributed by atoms with Gasteiger partial charge in [0.05, 0.1) is 12.5 Å². The Labute approximate surface area is 135 Å². The lowest BCUT2D eigenvalue weighted by Crippen LogP contribution is -2.38. The summed E-state index contributed by atoms with van der Waals surface area (Å²) in [4.78, 5) is 14.5. The minimum absolute atomic E-state index is 0.0561. The normalized spacial score (nSPS) is 17.2. The molecule has 1 unspecified atom stereocenters. The number of benzene rings is 2. The predicted molar refractivity (Wildman–Crippen MR) is 88.3 cm³/mol. The number of halogens is 1. The number of methoxy groups -OCH3 is 1. The van der Waals surface area contributed by atoms with Crippen LogP contribution in [0.2, 0.25) is 5.02 Å². The second-order valence-corrected chi connectivity index (χ2v) is 5.79. The summed E-state index contributed by atoms with van der Waals surface area (Å²) in [6, 6.07) is 15.4. The van der Waals surface area contributed by atoms with Gasteiger partial charge in [0.15, 0.2) is 0 Å². The highest BCUT2D eigenvalue weighted by molar-refractivity contribution is 6.31. The minimum atomic E-state index is 0.0561. The monoisotopic (exact) mass is 315 g/mol. The first-order valence-corrected chi connectivity index (χ1v) is 7.74. The number of anilines is 1. The molecule has 1 aliphatic heterocycles. The molecule has 0 fully saturated rings. The zero-order valence-electron chi connectivity index (χ0n) is 12.5. The van der Waals surface area contributed by atoms with Crippen molar-refractivity contribution in [1.82, 2.24) is 0 Å². The van der Waals surface area contributed by atoms with Gasteiger partial charge in [0.1, 0.15) is 0 Å². The van der Waals surface area contributed by atoms with E-state index in [2.05, 4.69) is 0 Å². The maximum atomic E-state index is 12.7. The molecule has 4 heteroatoms. The maximum absolute atomic E-state index is 12.7. The molecular formula is C18H18ClNO2. The molecule has 1 atom stereocenters. The first-order chi connectivity index (χ1) is 10.7. The van der Waals surface area contributed by atoms with E-state index in [1.54, 1.807) is 7.11 Å². The first-order valence-electron chi connectivity index (χ1n) is 7.36. The fourth-order valence-electron chi connectivity index (χ4n) is 2.93. The van der Waals surface area contributed by atoms with Gasteiger partial charge in [-0.05, 0) is 24.1 Å². The van der Waals surface area contributed by atoms with Crippen molar-refractivity contribution in [1.29, 1.82) is 0 Å². The van der Waals surface area contributed by atoms with E-state index in [4.69, 9.17) is 16.3 Å². The van der Waals surface area contributed by atoms with Crippen LogP contribution >= 0.6 is 11.6 Å². The summed E-state index contributed by atoms with van der Waals surface area (Å²) in [6.07, 6.45) is 1.17. The molecule has 0 saturated carbocycles. The molecule has 0 saturated heterocycles. The van der Waals surface area contributed by atoms with Gasteiger partial charge in [-0.2, -0.15) is 0 Å². The molecule has 2 aromatic carbocycles. The number of ether oxygens (including phenoxy) is 1. The lowest BCUT2D eigenvalue weighted by molar-refractivity contribution is -0.118. The molecule has 1 aliphatic rings. The third-order valence-electron chi connectivity index (χ3n) is 4.07. The summed E-state index contributed by atoms with van der Waals surface area (Å²) < 4.78 is 5.52. The number of carbonyl (C=O) groups excluding carboxylic acids is 1. The van der Waals surface area contributed by atoms with Gasteiger partial charge in [-0.25, -0.2) is 0 Å². The van der Waals surface area contributed by atoms with Crippen molar-refractivity contribution in [2.75, 3.05) is 18.6 Å². The quantitative estimate of drug-likeness (QED) is 0.856. The van der Waals surface area contributed by atoms with Gasteiger partial charge in [0.25, 0.3) is 0 Å². The molecule has 3 rings (SSSR count). The van der Waals surface area contributed by atoms with Crippen LogP contribution in [0.4, 0.5) is 5.69 Å². The van der Waals surface area contributed by atoms with Gasteiger partial charge in [-0.15, -0.1) is 0 Å². The maximum Gasteiger partial charge on any atom is 0.231 e. The van der Waals surface area contributed by atoms with Gasteiger partial charge in [-0.3, -0.25) is 4.79 Å². The molecular weight excluding hydrogens is 298 g/mol. The highest BCUT2D eigenvalue weighted by atomic mass is 35.5. The number of carbonyl (C=O) groups is 1. The molecule has 1 amide bonds. The topological polar surface area (TPSA) is 29.5 Å². The smallest absolute Gasteiger partial charge is 0.231 e. The third-order valence-corrected chi connectivity index (χ3v) is 4.44. The Hall–Kier alpha value is -1.84. The van der Waals surface area contributed by atoms with Crippen LogP contribution in [-0.4, -0.2) is 19.6 Å². The minimum Gasteiger partial charge on any atom is -0.377 e. The van der Waals surface area contributed by atoms with E-state index >= 15 is 0 Å². The number of fused-ring (bicyclic) bond motifs is 1. The number of para-hydroxylation sites is 1. The molecule has 1 heterocycles. The summed E-state index contributed by atoms with van der Waals surface area (Å²) >= 11 is 6.16. The summed E-state index contributed by atoms with van der Waals surface area (Å²) in [5.41, 5.74) is 2.88. The summed E-state index contributed by atoms with van der Waals surface area (Å²) in [6.45, 7) is 0.665. The average Bonchev–Trinajstić information content (AvgIpc) is 2.56. The van der Waals surface area contributed by atoms with Gasteiger partial charge < -0.3 is 9.64 Å². The van der Waals surface area contributed by atoms with E-state index in [0.717, 1.165) is 23.2 Å². The highest BCUT2D eigenvalue weighted by Crippen LogP contribution is 2.35. The summed E-state index contributed by atoms with van der Waals surface area (Å²) in [7, 11) is 1.71. The molecule has 0 radical (unpaired) electrons. The van der Waals surface area contributed by atoms with Crippen LogP contribution in [-0.2, 0) is 16.0 Å². The van der Waals surface area contributed by atoms with Crippen LogP contribution in [0.1, 0.15) is 23.7 Å². The van der Waals surface area contributed by atoms with Gasteiger partial charge in [0.2, 0.25) is 5.91 Å². The van der Waals surface area contributed by atoms with Crippen LogP contribution in [0.5, 0.6) is 0 Å². The van der Waals surface area contributed by atoms with E-state index in [1.165, 1.54) is 0 Å². The van der Waals surface area contributed by atoms with Gasteiger partial charge in [0, 0.05) is 29.9 Å². The number of hydrogen-bond donors (Lipinski definition) is 0. The lowest BCUT2D eigenvalue weighted by Gasteiger charge is -2.33. The van der Waals surface area contributed by atoms with E-state index < -0.39 is 0 Å². The molecule has 3 nitrogen and oxygen atoms in total. The van der Waals surface area contributed by atoms with Crippen LogP contribution in [0, 0.1) is 0 Å². The predicted octanol–water partition coefficient (Wildman–Crippen LogP) is 4.01. The SMILES string of the molecule is COC1CCN(C(=O)Cc2ccccc2Cl)c2ccccc21. The largest absolute Gasteiger partial charge is 0.377 e. The van der Waals surface area contributed by atoms with E-state index in [-0.39, 0.29) is 12.0 Å². The van der Waals surface area contributed by atoms with E-state index in [0.29, 0.717) is 18.0 Å². The zero-order valence-corrected chi connectivity index (χ0v) is 13.2. The van der Waals surface area contributed by atoms with Crippen LogP contribution in [0.15, 0.2) is 48.5 Å². The number of nitrogens with zero attached hydrogens (tertiary/aromatic N) is 1. The first kappa shape index (κ1) is 15.1. The third kappa shape index (κ3) is 2.87. The zero-order chi connectivity index (χ0) is 15.5. The van der Waals surface area contributed by atoms with Crippen molar-refractivity contribution in [3.05, 3.63) is 64.7 Å². The van der Waals surface area contributed by atoms with Crippen molar-refractivity contribution in [3.8, 4) is 0 Å². The van der Waals surface area contributed by atoms with E-state index in [1.807, 2.05) is 53.4 Å². The fourth-order valence-corrected chi connectivity index (χ4v) is 3.13. The number of rotatable bonds is 3. The van der Waals surface area contributed by atoms with Crippen LogP contribution in [0.25, 0.3) is 0 Å². The Kier molecular flexibility index (Phi) is 4.46. The van der Waals surface area contributed by atoms with Crippen molar-refractivity contribution in [3.63, 3.8) is 0 Å². The Morgan fingerprint density at radius 1 is 1.23 bits per heavy atom. The molecule has 2 aromatic rings. The second kappa shape index (κ2) is 6.51. The molecule has 0 aromatic heterocycles. The standard InChI is InChI=1S/C18H18ClNO2/c1-22-17-10-11-20(16-9-5-3-7-14(16)17)18(21)12-13-6-2-4-8-15(13)19/h2-9,17H,10-12H2,1H3.